The van der Waals surface area contributed by atoms with Crippen molar-refractivity contribution in [2.45, 2.75) is 100 Å². The second-order valence-corrected chi connectivity index (χ2v) is 20.4. The minimum absolute atomic E-state index is 0.0496. The van der Waals surface area contributed by atoms with E-state index in [2.05, 4.69) is 28.4 Å². The van der Waals surface area contributed by atoms with Crippen LogP contribution < -0.4 is 34.1 Å². The molecule has 4 rings (SSSR count). The van der Waals surface area contributed by atoms with E-state index in [1.54, 1.807) is 41.5 Å². The summed E-state index contributed by atoms with van der Waals surface area (Å²) in [7, 11) is -2.86. The normalized spacial score (nSPS) is 13.8. The number of methoxy groups -OCH3 is 1. The van der Waals surface area contributed by atoms with E-state index in [-0.39, 0.29) is 22.3 Å². The number of ether oxygens (including phenoxy) is 5. The van der Waals surface area contributed by atoms with Gasteiger partial charge in [-0.25, -0.2) is 17.9 Å². The molecule has 12 nitrogen and oxygen atoms in total. The summed E-state index contributed by atoms with van der Waals surface area (Å²) >= 11 is 0. The first-order chi connectivity index (χ1) is 31.4. The Morgan fingerprint density at radius 3 is 0.928 bits per heavy atom. The number of carbonyl (C=O) groups is 2. The number of rotatable bonds is 16. The maximum absolute atomic E-state index is 13.1. The van der Waals surface area contributed by atoms with Crippen molar-refractivity contribution in [3.8, 4) is 23.0 Å². The molecule has 0 fully saturated rings. The van der Waals surface area contributed by atoms with Crippen LogP contribution in [0.1, 0.15) is 76.6 Å². The summed E-state index contributed by atoms with van der Waals surface area (Å²) in [5.41, 5.74) is 1.39. The maximum Gasteiger partial charge on any atom is 0.573 e. The van der Waals surface area contributed by atoms with Gasteiger partial charge in [0.2, 0.25) is 5.91 Å². The first-order valence-corrected chi connectivity index (χ1v) is 21.9. The van der Waals surface area contributed by atoms with E-state index < -0.39 is 116 Å². The summed E-state index contributed by atoms with van der Waals surface area (Å²) in [5, 5.41) is 0. The SMILES string of the molecule is CC(C)(C)[S@@](=O)NC(CC(N)=O)(c1cccc(OC(F)(F)F)c1)c1cccc(OC(F)(F)F)c1.COC(=O)CC(N[S@](=O)C(C)(C)C)(c1cccc(OC(F)(F)F)c1)c1cccc(OC(F)(F)F)c1. The van der Waals surface area contributed by atoms with Crippen LogP contribution in [-0.2, 0) is 47.4 Å². The third-order valence-corrected chi connectivity index (χ3v) is 12.3. The summed E-state index contributed by atoms with van der Waals surface area (Å²) in [4.78, 5) is 24.5. The average molecular weight is 1040 g/mol. The molecule has 0 aliphatic carbocycles. The van der Waals surface area contributed by atoms with Gasteiger partial charge in [0.1, 0.15) is 23.0 Å². The molecule has 0 spiro atoms. The summed E-state index contributed by atoms with van der Waals surface area (Å²) in [6.45, 7) is 9.51. The monoisotopic (exact) mass is 1040 g/mol. The number of alkyl halides is 12. The Hall–Kier alpha value is -5.60. The van der Waals surface area contributed by atoms with Gasteiger partial charge in [-0.2, -0.15) is 0 Å². The third-order valence-electron chi connectivity index (χ3n) is 8.96. The number of amides is 1. The molecule has 69 heavy (non-hydrogen) atoms. The van der Waals surface area contributed by atoms with Crippen LogP contribution in [-0.4, -0.2) is 62.3 Å². The van der Waals surface area contributed by atoms with Gasteiger partial charge in [0.05, 0.1) is 62.5 Å². The second kappa shape index (κ2) is 22.0. The van der Waals surface area contributed by atoms with E-state index >= 15 is 0 Å². The van der Waals surface area contributed by atoms with Gasteiger partial charge < -0.3 is 29.4 Å². The molecule has 4 N–H and O–H groups in total. The van der Waals surface area contributed by atoms with Gasteiger partial charge in [-0.1, -0.05) is 48.5 Å². The van der Waals surface area contributed by atoms with Crippen LogP contribution in [0.15, 0.2) is 97.1 Å². The van der Waals surface area contributed by atoms with Gasteiger partial charge in [0, 0.05) is 0 Å². The van der Waals surface area contributed by atoms with Gasteiger partial charge in [-0.05, 0) is 112 Å². The fraction of sp³-hybridized carbons (Fsp3) is 0.395. The van der Waals surface area contributed by atoms with Crippen LogP contribution in [0.4, 0.5) is 52.7 Å². The Kier molecular flexibility index (Phi) is 18.4. The molecule has 0 saturated carbocycles. The van der Waals surface area contributed by atoms with Crippen LogP contribution in [0, 0.1) is 0 Å². The molecule has 1 amide bonds. The van der Waals surface area contributed by atoms with E-state index in [4.69, 9.17) is 10.5 Å². The van der Waals surface area contributed by atoms with Crippen molar-refractivity contribution in [1.82, 2.24) is 9.44 Å². The minimum atomic E-state index is -5.04. The Bertz CT molecular complexity index is 2330. The number of primary amides is 1. The number of hydrogen-bond donors (Lipinski definition) is 3. The predicted octanol–water partition coefficient (Wildman–Crippen LogP) is 10.00. The second-order valence-electron chi connectivity index (χ2n) is 16.5. The van der Waals surface area contributed by atoms with E-state index in [0.29, 0.717) is 0 Å². The van der Waals surface area contributed by atoms with Crippen LogP contribution in [0.5, 0.6) is 23.0 Å². The first kappa shape index (κ1) is 57.7. The fourth-order valence-electron chi connectivity index (χ4n) is 6.06. The predicted molar refractivity (Wildman–Crippen MR) is 227 cm³/mol. The summed E-state index contributed by atoms with van der Waals surface area (Å²) < 4.78 is 204. The molecule has 4 aromatic carbocycles. The number of esters is 1. The number of nitrogens with one attached hydrogen (secondary N) is 2. The highest BCUT2D eigenvalue weighted by molar-refractivity contribution is 7.84. The van der Waals surface area contributed by atoms with Crippen molar-refractivity contribution < 1.29 is 94.4 Å². The van der Waals surface area contributed by atoms with Crippen LogP contribution in [0.2, 0.25) is 0 Å². The largest absolute Gasteiger partial charge is 0.573 e. The summed E-state index contributed by atoms with van der Waals surface area (Å²) in [5.74, 6) is -4.49. The summed E-state index contributed by atoms with van der Waals surface area (Å²) in [6, 6.07) is 17.7. The molecule has 0 aliphatic rings. The molecular weight excluding hydrogens is 995 g/mol. The van der Waals surface area contributed by atoms with Gasteiger partial charge in [0.15, 0.2) is 0 Å². The molecule has 26 heteroatoms. The average Bonchev–Trinajstić information content (AvgIpc) is 3.17. The van der Waals surface area contributed by atoms with E-state index in [1.165, 1.54) is 48.5 Å². The molecular formula is C43H45F12N3O9S2. The lowest BCUT2D eigenvalue weighted by atomic mass is 9.80. The van der Waals surface area contributed by atoms with Crippen molar-refractivity contribution in [1.29, 1.82) is 0 Å². The van der Waals surface area contributed by atoms with Crippen molar-refractivity contribution in [2.75, 3.05) is 7.11 Å². The van der Waals surface area contributed by atoms with Crippen LogP contribution >= 0.6 is 0 Å². The molecule has 4 aromatic rings. The zero-order chi connectivity index (χ0) is 52.6. The topological polar surface area (TPSA) is 165 Å². The maximum atomic E-state index is 13.1. The Morgan fingerprint density at radius 1 is 0.478 bits per heavy atom. The molecule has 0 saturated heterocycles. The van der Waals surface area contributed by atoms with E-state index in [9.17, 15) is 70.7 Å². The van der Waals surface area contributed by atoms with Crippen molar-refractivity contribution in [2.24, 2.45) is 5.73 Å². The number of benzene rings is 4. The zero-order valence-corrected chi connectivity index (χ0v) is 38.9. The number of carbonyl (C=O) groups excluding carboxylic acids is 2. The summed E-state index contributed by atoms with van der Waals surface area (Å²) in [6.07, 6.45) is -21.5. The number of hydrogen-bond acceptors (Lipinski definition) is 9. The van der Waals surface area contributed by atoms with E-state index in [1.807, 2.05) is 0 Å². The standard InChI is InChI=1S/C22H23F6NO5S.C21H22F6N2O4S/c1-19(2,3)35(31)29-20(13-18(30)32-4,14-7-5-9-16(11-14)33-21(23,24)25)15-8-6-10-17(12-15)34-22(26,27)28;1-18(2,3)34(31)29-19(12-17(28)30,13-6-4-8-15(10-13)32-20(22,23)24)14-7-5-9-16(11-14)33-21(25,26)27/h5-12,29H,13H2,1-4H3;4-11,29H,12H2,1-3H3,(H2,28,30)/t35-;34-/m11/s1. The minimum Gasteiger partial charge on any atom is -0.469 e. The first-order valence-electron chi connectivity index (χ1n) is 19.6. The highest BCUT2D eigenvalue weighted by atomic mass is 32.2. The van der Waals surface area contributed by atoms with Crippen molar-refractivity contribution in [3.05, 3.63) is 119 Å². The molecule has 0 aromatic heterocycles. The van der Waals surface area contributed by atoms with Crippen LogP contribution in [0.25, 0.3) is 0 Å². The Balaban J connectivity index is 0.000000365. The van der Waals surface area contributed by atoms with Crippen LogP contribution in [0.3, 0.4) is 0 Å². The highest BCUT2D eigenvalue weighted by Crippen LogP contribution is 2.41. The molecule has 0 heterocycles. The zero-order valence-electron chi connectivity index (χ0n) is 37.3. The third kappa shape index (κ3) is 18.0. The molecule has 382 valence electrons. The molecule has 0 aliphatic heterocycles. The molecule has 0 bridgehead atoms. The fourth-order valence-corrected chi connectivity index (χ4v) is 7.92. The number of halogens is 12. The van der Waals surface area contributed by atoms with Gasteiger partial charge in [0.25, 0.3) is 0 Å². The van der Waals surface area contributed by atoms with Crippen molar-refractivity contribution >= 4 is 33.8 Å². The molecule has 2 atom stereocenters. The molecule has 0 unspecified atom stereocenters. The lowest BCUT2D eigenvalue weighted by Gasteiger charge is -2.37. The van der Waals surface area contributed by atoms with E-state index in [0.717, 1.165) is 55.6 Å². The Labute approximate surface area is 392 Å². The number of nitrogens with two attached hydrogens (primary N) is 1. The quantitative estimate of drug-likeness (QED) is 0.0732. The lowest BCUT2D eigenvalue weighted by Crippen LogP contribution is -2.50. The van der Waals surface area contributed by atoms with Gasteiger partial charge in [-0.3, -0.25) is 9.59 Å². The van der Waals surface area contributed by atoms with Crippen molar-refractivity contribution in [3.63, 3.8) is 0 Å². The highest BCUT2D eigenvalue weighted by Gasteiger charge is 2.44. The smallest absolute Gasteiger partial charge is 0.469 e. The van der Waals surface area contributed by atoms with Gasteiger partial charge >= 0.3 is 31.4 Å². The Morgan fingerprint density at radius 2 is 0.725 bits per heavy atom. The van der Waals surface area contributed by atoms with Gasteiger partial charge in [-0.15, -0.1) is 52.7 Å². The molecule has 0 radical (unpaired) electrons. The lowest BCUT2D eigenvalue weighted by molar-refractivity contribution is -0.275.